The number of nitrogens with zero attached hydrogens (tertiary/aromatic N) is 4. The summed E-state index contributed by atoms with van der Waals surface area (Å²) in [7, 11) is 1.63. The molecule has 8 nitrogen and oxygen atoms in total. The summed E-state index contributed by atoms with van der Waals surface area (Å²) < 4.78 is 5.20. The van der Waals surface area contributed by atoms with Crippen molar-refractivity contribution in [3.63, 3.8) is 0 Å². The molecule has 3 amide bonds. The van der Waals surface area contributed by atoms with Gasteiger partial charge in [0, 0.05) is 13.1 Å². The molecule has 2 aromatic carbocycles. The van der Waals surface area contributed by atoms with Crippen molar-refractivity contribution < 1.29 is 14.3 Å². The van der Waals surface area contributed by atoms with Crippen LogP contribution in [0.15, 0.2) is 48.5 Å². The molecule has 8 heteroatoms. The first kappa shape index (κ1) is 24.2. The minimum Gasteiger partial charge on any atom is -0.497 e. The number of amides is 3. The first-order valence-electron chi connectivity index (χ1n) is 12.6. The lowest BCUT2D eigenvalue weighted by Crippen LogP contribution is -2.53. The summed E-state index contributed by atoms with van der Waals surface area (Å²) in [5.41, 5.74) is 3.97. The molecule has 1 N–H and O–H groups in total. The molecular formula is C28H33N5O3. The molecule has 0 radical (unpaired) electrons. The van der Waals surface area contributed by atoms with E-state index >= 15 is 0 Å². The number of imide groups is 1. The van der Waals surface area contributed by atoms with Crippen molar-refractivity contribution in [2.75, 3.05) is 26.7 Å². The van der Waals surface area contributed by atoms with Crippen molar-refractivity contribution in [2.24, 2.45) is 5.92 Å². The van der Waals surface area contributed by atoms with Crippen LogP contribution in [0.25, 0.3) is 11.0 Å². The zero-order valence-corrected chi connectivity index (χ0v) is 21.2. The highest BCUT2D eigenvalue weighted by atomic mass is 16.5. The first-order valence-corrected chi connectivity index (χ1v) is 12.6. The number of likely N-dealkylation sites (tertiary alicyclic amines) is 1. The van der Waals surface area contributed by atoms with Gasteiger partial charge in [0.05, 0.1) is 29.5 Å². The van der Waals surface area contributed by atoms with E-state index in [-0.39, 0.29) is 17.9 Å². The fraction of sp³-hybridized carbons (Fsp3) is 0.429. The number of methoxy groups -OCH3 is 1. The van der Waals surface area contributed by atoms with E-state index in [1.807, 2.05) is 62.4 Å². The van der Waals surface area contributed by atoms with E-state index in [9.17, 15) is 9.59 Å². The molecule has 2 saturated heterocycles. The Balaban J connectivity index is 1.19. The third kappa shape index (κ3) is 4.65. The smallest absolute Gasteiger partial charge is 0.325 e. The maximum Gasteiger partial charge on any atom is 0.325 e. The van der Waals surface area contributed by atoms with Gasteiger partial charge in [-0.2, -0.15) is 0 Å². The molecule has 2 aliphatic heterocycles. The van der Waals surface area contributed by atoms with Crippen LogP contribution in [0.1, 0.15) is 36.7 Å². The second-order valence-corrected chi connectivity index (χ2v) is 9.98. The summed E-state index contributed by atoms with van der Waals surface area (Å²) >= 11 is 0. The summed E-state index contributed by atoms with van der Waals surface area (Å²) in [6.07, 6.45) is 2.30. The number of para-hydroxylation sites is 2. The second-order valence-electron chi connectivity index (χ2n) is 9.98. The maximum atomic E-state index is 13.4. The molecule has 2 fully saturated rings. The van der Waals surface area contributed by atoms with E-state index in [1.54, 1.807) is 7.11 Å². The number of hydrogen-bond acceptors (Lipinski definition) is 6. The second kappa shape index (κ2) is 9.85. The lowest BCUT2D eigenvalue weighted by Gasteiger charge is -2.38. The molecular weight excluding hydrogens is 454 g/mol. The van der Waals surface area contributed by atoms with Crippen molar-refractivity contribution in [3.05, 3.63) is 65.5 Å². The summed E-state index contributed by atoms with van der Waals surface area (Å²) in [6.45, 7) is 6.70. The van der Waals surface area contributed by atoms with Gasteiger partial charge in [0.25, 0.3) is 5.91 Å². The fourth-order valence-electron chi connectivity index (χ4n) is 5.38. The van der Waals surface area contributed by atoms with Crippen LogP contribution in [0, 0.1) is 12.8 Å². The number of aromatic nitrogens is 2. The topological polar surface area (TPSA) is 87.7 Å². The molecule has 36 heavy (non-hydrogen) atoms. The standard InChI is InChI=1S/C28H33N5O3/c1-19-25(30-24-7-5-4-6-23(24)29-19)18-32-15-13-21(14-16-32)28(2)26(34)33(27(35)31-28)17-12-20-8-10-22(36-3)11-9-20/h4-11,21H,12-18H2,1-3H3,(H,31,35). The third-order valence-electron chi connectivity index (χ3n) is 7.70. The number of nitrogens with one attached hydrogen (secondary N) is 1. The number of aryl methyl sites for hydroxylation is 1. The van der Waals surface area contributed by atoms with E-state index in [0.29, 0.717) is 13.0 Å². The van der Waals surface area contributed by atoms with E-state index in [4.69, 9.17) is 14.7 Å². The minimum absolute atomic E-state index is 0.0972. The molecule has 2 aliphatic rings. The third-order valence-corrected chi connectivity index (χ3v) is 7.70. The zero-order chi connectivity index (χ0) is 25.3. The van der Waals surface area contributed by atoms with Crippen molar-refractivity contribution in [1.29, 1.82) is 0 Å². The Hall–Kier alpha value is -3.52. The molecule has 0 bridgehead atoms. The number of rotatable bonds is 7. The summed E-state index contributed by atoms with van der Waals surface area (Å²) in [5, 5.41) is 3.02. The van der Waals surface area contributed by atoms with E-state index in [2.05, 4.69) is 10.2 Å². The number of hydrogen-bond donors (Lipinski definition) is 1. The van der Waals surface area contributed by atoms with Gasteiger partial charge >= 0.3 is 6.03 Å². The SMILES string of the molecule is COc1ccc(CCN2C(=O)NC(C)(C3CCN(Cc4nc5ccccc5nc4C)CC3)C2=O)cc1. The van der Waals surface area contributed by atoms with Gasteiger partial charge in [-0.15, -0.1) is 0 Å². The average molecular weight is 488 g/mol. The van der Waals surface area contributed by atoms with Crippen LogP contribution in [0.3, 0.4) is 0 Å². The van der Waals surface area contributed by atoms with Gasteiger partial charge in [0.15, 0.2) is 0 Å². The monoisotopic (exact) mass is 487 g/mol. The summed E-state index contributed by atoms with van der Waals surface area (Å²) in [5.74, 6) is 0.770. The highest BCUT2D eigenvalue weighted by Gasteiger charge is 2.52. The van der Waals surface area contributed by atoms with Crippen LogP contribution in [0.5, 0.6) is 5.75 Å². The highest BCUT2D eigenvalue weighted by molar-refractivity contribution is 6.07. The van der Waals surface area contributed by atoms with Crippen molar-refractivity contribution in [3.8, 4) is 5.75 Å². The Labute approximate surface area is 211 Å². The van der Waals surface area contributed by atoms with Gasteiger partial charge in [-0.05, 0) is 81.9 Å². The molecule has 1 unspecified atom stereocenters. The molecule has 3 heterocycles. The highest BCUT2D eigenvalue weighted by Crippen LogP contribution is 2.34. The molecule has 1 atom stereocenters. The van der Waals surface area contributed by atoms with Gasteiger partial charge in [-0.1, -0.05) is 24.3 Å². The molecule has 0 spiro atoms. The number of urea groups is 1. The molecule has 188 valence electrons. The van der Waals surface area contributed by atoms with Crippen LogP contribution >= 0.6 is 0 Å². The lowest BCUT2D eigenvalue weighted by atomic mass is 9.79. The number of carbonyl (C=O) groups is 2. The van der Waals surface area contributed by atoms with Gasteiger partial charge < -0.3 is 10.1 Å². The zero-order valence-electron chi connectivity index (χ0n) is 21.2. The molecule has 3 aromatic rings. The normalized spacial score (nSPS) is 21.2. The minimum atomic E-state index is -0.859. The van der Waals surface area contributed by atoms with Crippen molar-refractivity contribution >= 4 is 23.0 Å². The van der Waals surface area contributed by atoms with Crippen LogP contribution in [-0.4, -0.2) is 64.0 Å². The van der Waals surface area contributed by atoms with E-state index in [0.717, 1.165) is 66.2 Å². The van der Waals surface area contributed by atoms with Gasteiger partial charge in [-0.25, -0.2) is 14.8 Å². The Morgan fingerprint density at radius 2 is 1.69 bits per heavy atom. The van der Waals surface area contributed by atoms with Crippen LogP contribution in [0.2, 0.25) is 0 Å². The first-order chi connectivity index (χ1) is 17.4. The van der Waals surface area contributed by atoms with Crippen LogP contribution < -0.4 is 10.1 Å². The Bertz CT molecular complexity index is 1270. The summed E-state index contributed by atoms with van der Waals surface area (Å²) in [6, 6.07) is 15.4. The van der Waals surface area contributed by atoms with Gasteiger partial charge in [-0.3, -0.25) is 14.6 Å². The number of fused-ring (bicyclic) bond motifs is 1. The largest absolute Gasteiger partial charge is 0.497 e. The Morgan fingerprint density at radius 1 is 1.03 bits per heavy atom. The van der Waals surface area contributed by atoms with Gasteiger partial charge in [0.1, 0.15) is 11.3 Å². The predicted molar refractivity (Wildman–Crippen MR) is 138 cm³/mol. The fourth-order valence-corrected chi connectivity index (χ4v) is 5.38. The number of benzene rings is 2. The molecule has 0 saturated carbocycles. The molecule has 1 aromatic heterocycles. The van der Waals surface area contributed by atoms with Gasteiger partial charge in [0.2, 0.25) is 0 Å². The molecule has 0 aliphatic carbocycles. The number of ether oxygens (including phenoxy) is 1. The van der Waals surface area contributed by atoms with Crippen LogP contribution in [0.4, 0.5) is 4.79 Å². The van der Waals surface area contributed by atoms with E-state index in [1.165, 1.54) is 4.90 Å². The lowest BCUT2D eigenvalue weighted by molar-refractivity contribution is -0.133. The number of piperidine rings is 1. The average Bonchev–Trinajstić information content (AvgIpc) is 3.12. The number of carbonyl (C=O) groups excluding carboxylic acids is 2. The Morgan fingerprint density at radius 3 is 2.36 bits per heavy atom. The van der Waals surface area contributed by atoms with Crippen molar-refractivity contribution in [2.45, 2.75) is 45.2 Å². The van der Waals surface area contributed by atoms with Crippen molar-refractivity contribution in [1.82, 2.24) is 25.1 Å². The summed E-state index contributed by atoms with van der Waals surface area (Å²) in [4.78, 5) is 39.5. The predicted octanol–water partition coefficient (Wildman–Crippen LogP) is 3.71. The quantitative estimate of drug-likeness (QED) is 0.511. The van der Waals surface area contributed by atoms with E-state index < -0.39 is 5.54 Å². The Kier molecular flexibility index (Phi) is 6.62. The maximum absolute atomic E-state index is 13.4. The molecule has 5 rings (SSSR count). The van der Waals surface area contributed by atoms with Crippen LogP contribution in [-0.2, 0) is 17.8 Å².